The van der Waals surface area contributed by atoms with Crippen molar-refractivity contribution in [1.29, 1.82) is 0 Å². The van der Waals surface area contributed by atoms with Crippen LogP contribution in [0.5, 0.6) is 0 Å². The molecule has 0 unspecified atom stereocenters. The Kier molecular flexibility index (Phi) is 5.76. The van der Waals surface area contributed by atoms with Gasteiger partial charge in [-0.3, -0.25) is 10.1 Å². The first-order valence-corrected chi connectivity index (χ1v) is 9.13. The van der Waals surface area contributed by atoms with E-state index < -0.39 is 20.4 Å². The number of nitrogens with one attached hydrogen (secondary N) is 1. The molecule has 0 radical (unpaired) electrons. The standard InChI is InChI=1S/C15H25N3O4S/c1-11(15(2,3)10-17(4)5)16-12-7-8-14(23(6,21)22)13(9-12)18(19)20/h7-9,11,16H,10H2,1-6H3/t11-/m0/s1. The van der Waals surface area contributed by atoms with Crippen LogP contribution in [0, 0.1) is 15.5 Å². The lowest BCUT2D eigenvalue weighted by Gasteiger charge is -2.35. The summed E-state index contributed by atoms with van der Waals surface area (Å²) in [6.45, 7) is 7.04. The molecule has 1 atom stereocenters. The second-order valence-corrected chi connectivity index (χ2v) is 8.79. The lowest BCUT2D eigenvalue weighted by Crippen LogP contribution is -2.41. The summed E-state index contributed by atoms with van der Waals surface area (Å²) in [7, 11) is 0.329. The molecule has 1 rings (SSSR count). The maximum atomic E-state index is 11.6. The second-order valence-electron chi connectivity index (χ2n) is 6.80. The van der Waals surface area contributed by atoms with Crippen molar-refractivity contribution >= 4 is 21.2 Å². The summed E-state index contributed by atoms with van der Waals surface area (Å²) in [5.74, 6) is 0. The van der Waals surface area contributed by atoms with E-state index in [9.17, 15) is 18.5 Å². The van der Waals surface area contributed by atoms with Gasteiger partial charge in [0.1, 0.15) is 4.90 Å². The van der Waals surface area contributed by atoms with E-state index in [1.807, 2.05) is 21.0 Å². The van der Waals surface area contributed by atoms with Gasteiger partial charge in [0.05, 0.1) is 4.92 Å². The van der Waals surface area contributed by atoms with Gasteiger partial charge < -0.3 is 10.2 Å². The average Bonchev–Trinajstić information content (AvgIpc) is 2.35. The molecule has 0 saturated carbocycles. The molecule has 0 aliphatic rings. The summed E-state index contributed by atoms with van der Waals surface area (Å²) in [6, 6.07) is 4.15. The van der Waals surface area contributed by atoms with Crippen LogP contribution in [0.25, 0.3) is 0 Å². The van der Waals surface area contributed by atoms with Gasteiger partial charge in [0, 0.05) is 30.6 Å². The van der Waals surface area contributed by atoms with Crippen LogP contribution in [-0.4, -0.2) is 51.2 Å². The minimum absolute atomic E-state index is 0.0357. The van der Waals surface area contributed by atoms with Crippen LogP contribution < -0.4 is 5.32 Å². The Morgan fingerprint density at radius 1 is 1.35 bits per heavy atom. The van der Waals surface area contributed by atoms with Crippen molar-refractivity contribution in [3.63, 3.8) is 0 Å². The molecule has 7 nitrogen and oxygen atoms in total. The highest BCUT2D eigenvalue weighted by Crippen LogP contribution is 2.30. The fraction of sp³-hybridized carbons (Fsp3) is 0.600. The number of hydrogen-bond donors (Lipinski definition) is 1. The lowest BCUT2D eigenvalue weighted by atomic mass is 9.85. The van der Waals surface area contributed by atoms with Crippen molar-refractivity contribution in [2.45, 2.75) is 31.7 Å². The van der Waals surface area contributed by atoms with Crippen LogP contribution in [-0.2, 0) is 9.84 Å². The molecule has 0 aromatic heterocycles. The third-order valence-corrected chi connectivity index (χ3v) is 4.98. The van der Waals surface area contributed by atoms with E-state index in [1.54, 1.807) is 6.07 Å². The highest BCUT2D eigenvalue weighted by molar-refractivity contribution is 7.90. The maximum absolute atomic E-state index is 11.6. The fourth-order valence-corrected chi connectivity index (χ4v) is 3.29. The Balaban J connectivity index is 3.12. The first-order valence-electron chi connectivity index (χ1n) is 7.24. The number of rotatable bonds is 7. The van der Waals surface area contributed by atoms with Crippen molar-refractivity contribution in [3.05, 3.63) is 28.3 Å². The number of nitrogens with zero attached hydrogens (tertiary/aromatic N) is 2. The smallest absolute Gasteiger partial charge is 0.290 e. The normalized spacial score (nSPS) is 13.9. The molecular weight excluding hydrogens is 318 g/mol. The Morgan fingerprint density at radius 2 is 1.91 bits per heavy atom. The van der Waals surface area contributed by atoms with Gasteiger partial charge in [-0.2, -0.15) is 0 Å². The molecule has 0 heterocycles. The van der Waals surface area contributed by atoms with Gasteiger partial charge in [-0.1, -0.05) is 13.8 Å². The highest BCUT2D eigenvalue weighted by atomic mass is 32.2. The van der Waals surface area contributed by atoms with Gasteiger partial charge in [0.15, 0.2) is 9.84 Å². The van der Waals surface area contributed by atoms with Gasteiger partial charge in [0.2, 0.25) is 0 Å². The zero-order valence-electron chi connectivity index (χ0n) is 14.5. The van der Waals surface area contributed by atoms with Crippen molar-refractivity contribution < 1.29 is 13.3 Å². The van der Waals surface area contributed by atoms with Gasteiger partial charge >= 0.3 is 0 Å². The van der Waals surface area contributed by atoms with E-state index in [-0.39, 0.29) is 16.4 Å². The first kappa shape index (κ1) is 19.4. The largest absolute Gasteiger partial charge is 0.382 e. The Morgan fingerprint density at radius 3 is 2.35 bits per heavy atom. The molecule has 130 valence electrons. The van der Waals surface area contributed by atoms with Gasteiger partial charge in [-0.05, 0) is 38.6 Å². The van der Waals surface area contributed by atoms with Gasteiger partial charge in [0.25, 0.3) is 5.69 Å². The molecule has 0 fully saturated rings. The Hall–Kier alpha value is -1.67. The van der Waals surface area contributed by atoms with Crippen LogP contribution in [0.2, 0.25) is 0 Å². The summed E-state index contributed by atoms with van der Waals surface area (Å²) < 4.78 is 23.3. The van der Waals surface area contributed by atoms with Crippen molar-refractivity contribution in [2.75, 3.05) is 32.2 Å². The molecule has 0 amide bonds. The average molecular weight is 343 g/mol. The van der Waals surface area contributed by atoms with Crippen molar-refractivity contribution in [3.8, 4) is 0 Å². The fourth-order valence-electron chi connectivity index (χ4n) is 2.46. The van der Waals surface area contributed by atoms with Crippen LogP contribution in [0.3, 0.4) is 0 Å². The van der Waals surface area contributed by atoms with E-state index in [2.05, 4.69) is 24.1 Å². The summed E-state index contributed by atoms with van der Waals surface area (Å²) in [5, 5.41) is 14.4. The van der Waals surface area contributed by atoms with Crippen LogP contribution in [0.15, 0.2) is 23.1 Å². The summed E-state index contributed by atoms with van der Waals surface area (Å²) in [5.41, 5.74) is 0.0480. The Bertz CT molecular complexity index is 684. The summed E-state index contributed by atoms with van der Waals surface area (Å²) in [6.07, 6.45) is 0.964. The quantitative estimate of drug-likeness (QED) is 0.603. The monoisotopic (exact) mass is 343 g/mol. The summed E-state index contributed by atoms with van der Waals surface area (Å²) in [4.78, 5) is 12.3. The minimum atomic E-state index is -3.64. The first-order chi connectivity index (χ1) is 10.3. The minimum Gasteiger partial charge on any atom is -0.382 e. The molecule has 0 spiro atoms. The van der Waals surface area contributed by atoms with Crippen LogP contribution in [0.1, 0.15) is 20.8 Å². The second kappa shape index (κ2) is 6.84. The number of hydrogen-bond acceptors (Lipinski definition) is 6. The molecule has 0 aliphatic heterocycles. The number of sulfone groups is 1. The molecule has 1 N–H and O–H groups in total. The zero-order chi connectivity index (χ0) is 18.0. The third kappa shape index (κ3) is 5.18. The molecule has 1 aromatic carbocycles. The van der Waals surface area contributed by atoms with Crippen LogP contribution in [0.4, 0.5) is 11.4 Å². The summed E-state index contributed by atoms with van der Waals surface area (Å²) >= 11 is 0. The predicted octanol–water partition coefficient (Wildman–Crippen LogP) is 2.39. The van der Waals surface area contributed by atoms with E-state index in [0.29, 0.717) is 5.69 Å². The van der Waals surface area contributed by atoms with E-state index in [0.717, 1.165) is 12.8 Å². The van der Waals surface area contributed by atoms with Crippen molar-refractivity contribution in [2.24, 2.45) is 5.41 Å². The molecule has 1 aromatic rings. The number of benzene rings is 1. The SMILES string of the molecule is C[C@H](Nc1ccc(S(C)(=O)=O)c([N+](=O)[O-])c1)C(C)(C)CN(C)C. The molecule has 0 aliphatic carbocycles. The van der Waals surface area contributed by atoms with E-state index in [1.165, 1.54) is 12.1 Å². The van der Waals surface area contributed by atoms with Crippen molar-refractivity contribution in [1.82, 2.24) is 4.90 Å². The molecule has 23 heavy (non-hydrogen) atoms. The highest BCUT2D eigenvalue weighted by Gasteiger charge is 2.28. The molecule has 8 heteroatoms. The van der Waals surface area contributed by atoms with Crippen LogP contribution >= 0.6 is 0 Å². The third-order valence-electron chi connectivity index (χ3n) is 3.83. The molecule has 0 saturated heterocycles. The number of anilines is 1. The van der Waals surface area contributed by atoms with E-state index in [4.69, 9.17) is 0 Å². The maximum Gasteiger partial charge on any atom is 0.290 e. The number of nitro groups is 1. The molecular formula is C15H25N3O4S. The molecule has 0 bridgehead atoms. The van der Waals surface area contributed by atoms with E-state index >= 15 is 0 Å². The predicted molar refractivity (Wildman–Crippen MR) is 91.6 cm³/mol. The topological polar surface area (TPSA) is 92.5 Å². The zero-order valence-corrected chi connectivity index (χ0v) is 15.3. The van der Waals surface area contributed by atoms with Gasteiger partial charge in [-0.15, -0.1) is 0 Å². The van der Waals surface area contributed by atoms with Gasteiger partial charge in [-0.25, -0.2) is 8.42 Å². The number of nitro benzene ring substituents is 1. The lowest BCUT2D eigenvalue weighted by molar-refractivity contribution is -0.387. The Labute approximate surface area is 137 Å².